The van der Waals surface area contributed by atoms with Gasteiger partial charge >= 0.3 is 11.7 Å². The van der Waals surface area contributed by atoms with Gasteiger partial charge in [0, 0.05) is 24.8 Å². The molecule has 1 atom stereocenters. The Kier molecular flexibility index (Phi) is 5.86. The summed E-state index contributed by atoms with van der Waals surface area (Å²) in [5.74, 6) is -0.458. The van der Waals surface area contributed by atoms with E-state index in [0.717, 1.165) is 19.5 Å². The summed E-state index contributed by atoms with van der Waals surface area (Å²) < 4.78 is 4.57. The number of nitro groups is 1. The van der Waals surface area contributed by atoms with E-state index >= 15 is 0 Å². The fourth-order valence-corrected chi connectivity index (χ4v) is 2.88. The lowest BCUT2D eigenvalue weighted by molar-refractivity contribution is -0.384. The molecule has 1 saturated heterocycles. The second kappa shape index (κ2) is 7.87. The van der Waals surface area contributed by atoms with Crippen molar-refractivity contribution in [3.63, 3.8) is 0 Å². The molecule has 0 aromatic carbocycles. The highest BCUT2D eigenvalue weighted by molar-refractivity contribution is 5.90. The van der Waals surface area contributed by atoms with Crippen LogP contribution < -0.4 is 5.32 Å². The second-order valence-electron chi connectivity index (χ2n) is 5.50. The summed E-state index contributed by atoms with van der Waals surface area (Å²) in [5, 5.41) is 14.3. The van der Waals surface area contributed by atoms with Crippen molar-refractivity contribution in [2.45, 2.75) is 32.2 Å². The first-order valence-electron chi connectivity index (χ1n) is 7.77. The fraction of sp³-hybridized carbons (Fsp3) is 0.600. The number of esters is 1. The molecule has 2 rings (SSSR count). The van der Waals surface area contributed by atoms with Gasteiger partial charge in [-0.25, -0.2) is 9.78 Å². The molecule has 23 heavy (non-hydrogen) atoms. The van der Waals surface area contributed by atoms with Gasteiger partial charge in [-0.05, 0) is 25.9 Å². The van der Waals surface area contributed by atoms with Crippen LogP contribution in [0, 0.1) is 10.1 Å². The highest BCUT2D eigenvalue weighted by atomic mass is 16.6. The van der Waals surface area contributed by atoms with Crippen LogP contribution in [0.3, 0.4) is 0 Å². The monoisotopic (exact) mass is 322 g/mol. The van der Waals surface area contributed by atoms with Crippen LogP contribution in [0.5, 0.6) is 0 Å². The minimum atomic E-state index is -0.642. The number of pyridine rings is 1. The summed E-state index contributed by atoms with van der Waals surface area (Å²) in [7, 11) is 1.22. The number of anilines is 1. The Bertz CT molecular complexity index is 579. The number of nitrogens with zero attached hydrogens (tertiary/aromatic N) is 3. The topological polar surface area (TPSA) is 97.6 Å². The minimum Gasteiger partial charge on any atom is -0.465 e. The molecule has 1 aromatic heterocycles. The smallest absolute Gasteiger partial charge is 0.339 e. The summed E-state index contributed by atoms with van der Waals surface area (Å²) in [6.45, 7) is 4.73. The number of aromatic nitrogens is 1. The van der Waals surface area contributed by atoms with E-state index in [1.165, 1.54) is 32.2 Å². The molecular formula is C15H22N4O4. The van der Waals surface area contributed by atoms with Crippen LogP contribution in [0.25, 0.3) is 0 Å². The predicted molar refractivity (Wildman–Crippen MR) is 85.6 cm³/mol. The Morgan fingerprint density at radius 1 is 1.57 bits per heavy atom. The first-order valence-corrected chi connectivity index (χ1v) is 7.77. The van der Waals surface area contributed by atoms with Crippen LogP contribution in [-0.2, 0) is 4.74 Å². The number of hydrogen-bond acceptors (Lipinski definition) is 7. The van der Waals surface area contributed by atoms with E-state index in [9.17, 15) is 14.9 Å². The number of carbonyl (C=O) groups excluding carboxylic acids is 1. The van der Waals surface area contributed by atoms with Gasteiger partial charge in [-0.15, -0.1) is 0 Å². The zero-order valence-electron chi connectivity index (χ0n) is 13.4. The van der Waals surface area contributed by atoms with Gasteiger partial charge < -0.3 is 10.1 Å². The van der Waals surface area contributed by atoms with Crippen LogP contribution in [0.1, 0.15) is 36.5 Å². The molecule has 1 aromatic rings. The van der Waals surface area contributed by atoms with Gasteiger partial charge in [-0.1, -0.05) is 13.3 Å². The number of nitrogens with one attached hydrogen (secondary N) is 1. The van der Waals surface area contributed by atoms with Gasteiger partial charge in [-0.2, -0.15) is 0 Å². The number of ether oxygens (including phenoxy) is 1. The number of likely N-dealkylation sites (tertiary alicyclic amines) is 1. The van der Waals surface area contributed by atoms with Crippen molar-refractivity contribution in [2.24, 2.45) is 0 Å². The zero-order chi connectivity index (χ0) is 16.8. The SMILES string of the molecule is CCN1CCCCC1CNc1ncc(C(=O)OC)cc1[N+](=O)[O-]. The molecular weight excluding hydrogens is 300 g/mol. The van der Waals surface area contributed by atoms with Crippen LogP contribution in [0.4, 0.5) is 11.5 Å². The third-order valence-electron chi connectivity index (χ3n) is 4.15. The molecule has 8 heteroatoms. The zero-order valence-corrected chi connectivity index (χ0v) is 13.4. The van der Waals surface area contributed by atoms with E-state index < -0.39 is 10.9 Å². The molecule has 0 bridgehead atoms. The molecule has 1 fully saturated rings. The molecule has 0 spiro atoms. The average Bonchev–Trinajstić information content (AvgIpc) is 2.59. The summed E-state index contributed by atoms with van der Waals surface area (Å²) >= 11 is 0. The summed E-state index contributed by atoms with van der Waals surface area (Å²) in [6.07, 6.45) is 4.71. The number of methoxy groups -OCH3 is 1. The summed E-state index contributed by atoms with van der Waals surface area (Å²) in [6, 6.07) is 1.54. The highest BCUT2D eigenvalue weighted by Crippen LogP contribution is 2.24. The number of rotatable bonds is 6. The van der Waals surface area contributed by atoms with E-state index in [0.29, 0.717) is 12.6 Å². The molecule has 1 aliphatic rings. The quantitative estimate of drug-likeness (QED) is 0.486. The van der Waals surface area contributed by atoms with Crippen molar-refractivity contribution in [1.82, 2.24) is 9.88 Å². The molecule has 0 amide bonds. The lowest BCUT2D eigenvalue weighted by Gasteiger charge is -2.34. The molecule has 8 nitrogen and oxygen atoms in total. The Balaban J connectivity index is 2.12. The van der Waals surface area contributed by atoms with Gasteiger partial charge in [0.05, 0.1) is 17.6 Å². The van der Waals surface area contributed by atoms with Gasteiger partial charge in [0.1, 0.15) is 0 Å². The van der Waals surface area contributed by atoms with E-state index in [4.69, 9.17) is 0 Å². The van der Waals surface area contributed by atoms with Crippen molar-refractivity contribution in [2.75, 3.05) is 32.1 Å². The standard InChI is InChI=1S/C15H22N4O4/c1-3-18-7-5-4-6-12(18)10-17-14-13(19(21)22)8-11(9-16-14)15(20)23-2/h8-9,12H,3-7,10H2,1-2H3,(H,16,17). The molecule has 1 aliphatic heterocycles. The second-order valence-corrected chi connectivity index (χ2v) is 5.50. The highest BCUT2D eigenvalue weighted by Gasteiger charge is 2.23. The molecule has 1 unspecified atom stereocenters. The number of carbonyl (C=O) groups is 1. The van der Waals surface area contributed by atoms with Crippen molar-refractivity contribution in [1.29, 1.82) is 0 Å². The largest absolute Gasteiger partial charge is 0.465 e. The van der Waals surface area contributed by atoms with Crippen LogP contribution in [0.15, 0.2) is 12.3 Å². The van der Waals surface area contributed by atoms with Crippen molar-refractivity contribution in [3.8, 4) is 0 Å². The van der Waals surface area contributed by atoms with E-state index in [-0.39, 0.29) is 17.1 Å². The molecule has 126 valence electrons. The van der Waals surface area contributed by atoms with E-state index in [1.807, 2.05) is 0 Å². The summed E-state index contributed by atoms with van der Waals surface area (Å²) in [5.41, 5.74) is -0.149. The number of likely N-dealkylation sites (N-methyl/N-ethyl adjacent to an activating group) is 1. The number of hydrogen-bond donors (Lipinski definition) is 1. The lowest BCUT2D eigenvalue weighted by atomic mass is 10.0. The van der Waals surface area contributed by atoms with E-state index in [1.54, 1.807) is 0 Å². The predicted octanol–water partition coefficient (Wildman–Crippen LogP) is 2.06. The number of piperidine rings is 1. The van der Waals surface area contributed by atoms with Crippen molar-refractivity contribution >= 4 is 17.5 Å². The maximum absolute atomic E-state index is 11.5. The Hall–Kier alpha value is -2.22. The van der Waals surface area contributed by atoms with Gasteiger partial charge in [-0.3, -0.25) is 15.0 Å². The summed E-state index contributed by atoms with van der Waals surface area (Å²) in [4.78, 5) is 28.6. The minimum absolute atomic E-state index is 0.0672. The Labute approximate surface area is 135 Å². The Morgan fingerprint density at radius 2 is 2.35 bits per heavy atom. The molecule has 2 heterocycles. The normalized spacial score (nSPS) is 18.4. The van der Waals surface area contributed by atoms with Gasteiger partial charge in [0.2, 0.25) is 5.82 Å². The Morgan fingerprint density at radius 3 is 3.00 bits per heavy atom. The average molecular weight is 322 g/mol. The molecule has 0 saturated carbocycles. The first-order chi connectivity index (χ1) is 11.1. The van der Waals surface area contributed by atoms with Crippen molar-refractivity contribution in [3.05, 3.63) is 27.9 Å². The maximum atomic E-state index is 11.5. The first kappa shape index (κ1) is 17.1. The van der Waals surface area contributed by atoms with Crippen LogP contribution in [-0.4, -0.2) is 53.6 Å². The van der Waals surface area contributed by atoms with Crippen molar-refractivity contribution < 1.29 is 14.5 Å². The van der Waals surface area contributed by atoms with Crippen LogP contribution >= 0.6 is 0 Å². The molecule has 0 aliphatic carbocycles. The van der Waals surface area contributed by atoms with Gasteiger partial charge in [0.25, 0.3) is 0 Å². The molecule has 1 N–H and O–H groups in total. The fourth-order valence-electron chi connectivity index (χ4n) is 2.88. The van der Waals surface area contributed by atoms with Crippen LogP contribution in [0.2, 0.25) is 0 Å². The lowest BCUT2D eigenvalue weighted by Crippen LogP contribution is -2.43. The maximum Gasteiger partial charge on any atom is 0.339 e. The van der Waals surface area contributed by atoms with E-state index in [2.05, 4.69) is 26.9 Å². The molecule has 0 radical (unpaired) electrons. The third-order valence-corrected chi connectivity index (χ3v) is 4.15. The third kappa shape index (κ3) is 4.16. The van der Waals surface area contributed by atoms with Gasteiger partial charge in [0.15, 0.2) is 0 Å².